The van der Waals surface area contributed by atoms with Gasteiger partial charge < -0.3 is 23.1 Å². The molecule has 71 heavy (non-hydrogen) atoms. The standard InChI is InChI=1S/C66H44N2O3/c1-41-21-29-47(30-22-41)67(49-33-25-45(26-34-49)43-13-5-3-6-14-43)57-37-53-55-39-69-40-56(55)54-38-58(68(48-31-23-42(2)24-32-48)50-35-27-46(28-36-50)44-15-7-4-8-16-44)62-52-18-10-12-20-60(52)71-66(62)64(54)63(53)65-61(57)51-17-9-11-19-59(51)70-65/h3-40H,1-2H3. The molecule has 5 heteroatoms. The number of anilines is 6. The number of furan rings is 3. The van der Waals surface area contributed by atoms with E-state index < -0.39 is 0 Å². The molecule has 0 aliphatic rings. The van der Waals surface area contributed by atoms with E-state index in [4.69, 9.17) is 13.3 Å². The van der Waals surface area contributed by atoms with Gasteiger partial charge in [0.25, 0.3) is 0 Å². The average Bonchev–Trinajstić information content (AvgIpc) is 4.19. The minimum atomic E-state index is 0.784. The monoisotopic (exact) mass is 912 g/mol. The Morgan fingerprint density at radius 2 is 0.634 bits per heavy atom. The summed E-state index contributed by atoms with van der Waals surface area (Å²) in [5.41, 5.74) is 16.3. The van der Waals surface area contributed by atoms with Gasteiger partial charge in [-0.15, -0.1) is 0 Å². The predicted octanol–water partition coefficient (Wildman–Crippen LogP) is 19.4. The molecule has 3 heterocycles. The van der Waals surface area contributed by atoms with Crippen LogP contribution in [0.4, 0.5) is 34.1 Å². The second-order valence-electron chi connectivity index (χ2n) is 18.6. The van der Waals surface area contributed by atoms with E-state index in [1.807, 2.05) is 12.5 Å². The van der Waals surface area contributed by atoms with Crippen LogP contribution in [0, 0.1) is 13.8 Å². The van der Waals surface area contributed by atoms with Crippen molar-refractivity contribution in [3.8, 4) is 22.3 Å². The summed E-state index contributed by atoms with van der Waals surface area (Å²) in [5.74, 6) is 0. The van der Waals surface area contributed by atoms with Crippen LogP contribution < -0.4 is 9.80 Å². The third-order valence-corrected chi connectivity index (χ3v) is 14.3. The Hall–Kier alpha value is -9.32. The molecule has 0 aliphatic heterocycles. The van der Waals surface area contributed by atoms with Crippen LogP contribution in [0.1, 0.15) is 11.1 Å². The summed E-state index contributed by atoms with van der Waals surface area (Å²) in [4.78, 5) is 4.74. The van der Waals surface area contributed by atoms with Crippen LogP contribution in [0.3, 0.4) is 0 Å². The van der Waals surface area contributed by atoms with Crippen LogP contribution in [0.5, 0.6) is 0 Å². The Balaban J connectivity index is 1.10. The molecule has 0 atom stereocenters. The molecule has 0 aliphatic carbocycles. The van der Waals surface area contributed by atoms with Crippen LogP contribution in [0.15, 0.2) is 244 Å². The molecule has 0 radical (unpaired) electrons. The van der Waals surface area contributed by atoms with Crippen molar-refractivity contribution in [3.63, 3.8) is 0 Å². The SMILES string of the molecule is Cc1ccc(N(c2ccc(-c3ccccc3)cc2)c2cc3c4cocc4c4cc(N(c5ccc(C)cc5)c5ccc(-c6ccccc6)cc5)c5c6ccccc6oc5c4c3c3oc4ccccc4c23)cc1. The van der Waals surface area contributed by atoms with E-state index in [0.717, 1.165) is 121 Å². The molecule has 11 aromatic carbocycles. The van der Waals surface area contributed by atoms with Gasteiger partial charge in [0.05, 0.1) is 34.7 Å². The lowest BCUT2D eigenvalue weighted by Crippen LogP contribution is -2.11. The average molecular weight is 913 g/mol. The summed E-state index contributed by atoms with van der Waals surface area (Å²) in [6.45, 7) is 4.26. The highest BCUT2D eigenvalue weighted by Gasteiger charge is 2.29. The van der Waals surface area contributed by atoms with Crippen LogP contribution in [0.2, 0.25) is 0 Å². The maximum absolute atomic E-state index is 7.25. The molecular formula is C66H44N2O3. The molecule has 336 valence electrons. The number of hydrogen-bond acceptors (Lipinski definition) is 5. The fraction of sp³-hybridized carbons (Fsp3) is 0.0303. The molecule has 0 fully saturated rings. The number of hydrogen-bond donors (Lipinski definition) is 0. The van der Waals surface area contributed by atoms with Gasteiger partial charge >= 0.3 is 0 Å². The molecule has 14 rings (SSSR count). The van der Waals surface area contributed by atoms with Gasteiger partial charge in [-0.25, -0.2) is 0 Å². The summed E-state index contributed by atoms with van der Waals surface area (Å²) in [6.07, 6.45) is 3.78. The fourth-order valence-electron chi connectivity index (χ4n) is 10.9. The van der Waals surface area contributed by atoms with E-state index in [2.05, 4.69) is 242 Å². The minimum Gasteiger partial charge on any atom is -0.471 e. The molecule has 0 spiro atoms. The summed E-state index contributed by atoms with van der Waals surface area (Å²) in [7, 11) is 0. The van der Waals surface area contributed by atoms with Gasteiger partial charge in [0, 0.05) is 55.1 Å². The Morgan fingerprint density at radius 3 is 1.03 bits per heavy atom. The van der Waals surface area contributed by atoms with E-state index in [1.165, 1.54) is 22.3 Å². The Morgan fingerprint density at radius 1 is 0.296 bits per heavy atom. The molecule has 0 amide bonds. The molecule has 5 nitrogen and oxygen atoms in total. The lowest BCUT2D eigenvalue weighted by Gasteiger charge is -2.28. The van der Waals surface area contributed by atoms with Gasteiger partial charge in [0.15, 0.2) is 0 Å². The second kappa shape index (κ2) is 16.2. The van der Waals surface area contributed by atoms with Crippen molar-refractivity contribution in [2.24, 2.45) is 0 Å². The van der Waals surface area contributed by atoms with Gasteiger partial charge in [0.1, 0.15) is 22.3 Å². The van der Waals surface area contributed by atoms with Gasteiger partial charge in [-0.2, -0.15) is 0 Å². The summed E-state index contributed by atoms with van der Waals surface area (Å²) < 4.78 is 20.8. The lowest BCUT2D eigenvalue weighted by molar-refractivity contribution is 0.573. The van der Waals surface area contributed by atoms with E-state index in [9.17, 15) is 0 Å². The zero-order chi connectivity index (χ0) is 47.2. The number of rotatable bonds is 8. The predicted molar refractivity (Wildman–Crippen MR) is 295 cm³/mol. The minimum absolute atomic E-state index is 0.784. The fourth-order valence-corrected chi connectivity index (χ4v) is 10.9. The molecule has 0 N–H and O–H groups in total. The van der Waals surface area contributed by atoms with Crippen molar-refractivity contribution in [2.75, 3.05) is 9.80 Å². The first kappa shape index (κ1) is 40.7. The molecule has 0 unspecified atom stereocenters. The Bertz CT molecular complexity index is 4040. The topological polar surface area (TPSA) is 45.9 Å². The highest BCUT2D eigenvalue weighted by Crippen LogP contribution is 2.54. The largest absolute Gasteiger partial charge is 0.471 e. The first-order chi connectivity index (χ1) is 35.0. The van der Waals surface area contributed by atoms with Crippen LogP contribution in [-0.4, -0.2) is 0 Å². The molecule has 14 aromatic rings. The lowest BCUT2D eigenvalue weighted by atomic mass is 9.91. The highest BCUT2D eigenvalue weighted by molar-refractivity contribution is 6.40. The highest BCUT2D eigenvalue weighted by atomic mass is 16.3. The molecule has 0 saturated carbocycles. The maximum atomic E-state index is 7.25. The van der Waals surface area contributed by atoms with E-state index in [-0.39, 0.29) is 0 Å². The Labute approximate surface area is 409 Å². The second-order valence-corrected chi connectivity index (χ2v) is 18.6. The summed E-state index contributed by atoms with van der Waals surface area (Å²) in [5, 5.41) is 9.98. The number of nitrogens with zero attached hydrogens (tertiary/aromatic N) is 2. The zero-order valence-electron chi connectivity index (χ0n) is 39.1. The third kappa shape index (κ3) is 6.54. The van der Waals surface area contributed by atoms with E-state index in [0.29, 0.717) is 0 Å². The third-order valence-electron chi connectivity index (χ3n) is 14.3. The van der Waals surface area contributed by atoms with Crippen LogP contribution >= 0.6 is 0 Å². The summed E-state index contributed by atoms with van der Waals surface area (Å²) >= 11 is 0. The number of para-hydroxylation sites is 2. The molecular weight excluding hydrogens is 869 g/mol. The zero-order valence-corrected chi connectivity index (χ0v) is 39.1. The first-order valence-corrected chi connectivity index (χ1v) is 24.1. The Kier molecular flexibility index (Phi) is 9.26. The number of aryl methyl sites for hydroxylation is 2. The van der Waals surface area contributed by atoms with Crippen molar-refractivity contribution in [1.29, 1.82) is 0 Å². The van der Waals surface area contributed by atoms with Gasteiger partial charge in [-0.05, 0) is 120 Å². The van der Waals surface area contributed by atoms with E-state index >= 15 is 0 Å². The smallest absolute Gasteiger partial charge is 0.146 e. The van der Waals surface area contributed by atoms with Crippen molar-refractivity contribution < 1.29 is 13.3 Å². The van der Waals surface area contributed by atoms with Gasteiger partial charge in [-0.3, -0.25) is 0 Å². The van der Waals surface area contributed by atoms with E-state index in [1.54, 1.807) is 0 Å². The van der Waals surface area contributed by atoms with Crippen molar-refractivity contribution in [3.05, 3.63) is 242 Å². The summed E-state index contributed by atoms with van der Waals surface area (Å²) in [6, 6.07) is 77.9. The number of benzene rings is 11. The van der Waals surface area contributed by atoms with Gasteiger partial charge in [-0.1, -0.05) is 157 Å². The molecule has 0 saturated heterocycles. The normalized spacial score (nSPS) is 11.8. The maximum Gasteiger partial charge on any atom is 0.146 e. The quantitative estimate of drug-likeness (QED) is 0.142. The molecule has 3 aromatic heterocycles. The van der Waals surface area contributed by atoms with Crippen molar-refractivity contribution in [2.45, 2.75) is 13.8 Å². The van der Waals surface area contributed by atoms with Gasteiger partial charge in [0.2, 0.25) is 0 Å². The first-order valence-electron chi connectivity index (χ1n) is 24.1. The van der Waals surface area contributed by atoms with Crippen molar-refractivity contribution in [1.82, 2.24) is 0 Å². The van der Waals surface area contributed by atoms with Crippen LogP contribution in [0.25, 0.3) is 98.4 Å². The van der Waals surface area contributed by atoms with Crippen molar-refractivity contribution >= 4 is 110 Å². The van der Waals surface area contributed by atoms with Crippen LogP contribution in [-0.2, 0) is 0 Å². The molecule has 0 bridgehead atoms. The number of fused-ring (bicyclic) bond motifs is 14.